The summed E-state index contributed by atoms with van der Waals surface area (Å²) in [5.74, 6) is -0.304. The van der Waals surface area contributed by atoms with Crippen LogP contribution in [0.5, 0.6) is 0 Å². The molecule has 8 heteroatoms. The molecule has 0 aromatic heterocycles. The third-order valence-electron chi connectivity index (χ3n) is 4.91. The van der Waals surface area contributed by atoms with Crippen LogP contribution in [0.4, 0.5) is 17.1 Å². The number of morpholine rings is 1. The number of non-ortho nitro benzene ring substituents is 1. The molecule has 148 valence electrons. The first-order chi connectivity index (χ1) is 14.0. The average molecular weight is 412 g/mol. The molecule has 1 aliphatic heterocycles. The van der Waals surface area contributed by atoms with Gasteiger partial charge in [-0.3, -0.25) is 14.9 Å². The van der Waals surface area contributed by atoms with Crippen molar-refractivity contribution in [3.05, 3.63) is 75.3 Å². The fourth-order valence-corrected chi connectivity index (χ4v) is 3.70. The van der Waals surface area contributed by atoms with Crippen LogP contribution in [0.1, 0.15) is 10.4 Å². The third kappa shape index (κ3) is 3.87. The molecule has 3 aromatic carbocycles. The summed E-state index contributed by atoms with van der Waals surface area (Å²) in [6, 6.07) is 15.2. The standard InChI is InChI=1S/C21H18ClN3O4/c22-18-6-2-3-15-16(18)4-1-5-17(15)21(26)23-19-8-7-14(25(27)28)13-20(19)24-9-11-29-12-10-24/h1-8,13H,9-12H2,(H,23,26). The van der Waals surface area contributed by atoms with E-state index in [9.17, 15) is 14.9 Å². The SMILES string of the molecule is O=C(Nc1ccc([N+](=O)[O-])cc1N1CCOCC1)c1cccc2c(Cl)cccc12. The van der Waals surface area contributed by atoms with E-state index in [1.54, 1.807) is 30.3 Å². The van der Waals surface area contributed by atoms with Crippen molar-refractivity contribution in [2.24, 2.45) is 0 Å². The highest BCUT2D eigenvalue weighted by atomic mass is 35.5. The van der Waals surface area contributed by atoms with Gasteiger partial charge >= 0.3 is 0 Å². The fraction of sp³-hybridized carbons (Fsp3) is 0.190. The molecule has 0 saturated carbocycles. The Labute approximate surface area is 172 Å². The number of amides is 1. The van der Waals surface area contributed by atoms with Crippen LogP contribution in [-0.2, 0) is 4.74 Å². The largest absolute Gasteiger partial charge is 0.378 e. The zero-order valence-corrected chi connectivity index (χ0v) is 16.2. The number of ether oxygens (including phenoxy) is 1. The molecule has 1 fully saturated rings. The third-order valence-corrected chi connectivity index (χ3v) is 5.24. The van der Waals surface area contributed by atoms with Gasteiger partial charge in [-0.05, 0) is 23.6 Å². The van der Waals surface area contributed by atoms with Crippen molar-refractivity contribution in [3.63, 3.8) is 0 Å². The van der Waals surface area contributed by atoms with Gasteiger partial charge in [0, 0.05) is 41.2 Å². The van der Waals surface area contributed by atoms with Gasteiger partial charge in [0.1, 0.15) is 0 Å². The highest BCUT2D eigenvalue weighted by molar-refractivity contribution is 6.36. The Hall–Kier alpha value is -3.16. The number of nitrogens with zero attached hydrogens (tertiary/aromatic N) is 2. The van der Waals surface area contributed by atoms with E-state index in [1.165, 1.54) is 12.1 Å². The number of nitro groups is 1. The lowest BCUT2D eigenvalue weighted by molar-refractivity contribution is -0.384. The molecule has 1 N–H and O–H groups in total. The number of carbonyl (C=O) groups excluding carboxylic acids is 1. The lowest BCUT2D eigenvalue weighted by Gasteiger charge is -2.30. The monoisotopic (exact) mass is 411 g/mol. The molecule has 4 rings (SSSR count). The minimum atomic E-state index is -0.442. The van der Waals surface area contributed by atoms with E-state index in [4.69, 9.17) is 16.3 Å². The Morgan fingerprint density at radius 3 is 2.55 bits per heavy atom. The van der Waals surface area contributed by atoms with E-state index < -0.39 is 4.92 Å². The Morgan fingerprint density at radius 1 is 1.07 bits per heavy atom. The van der Waals surface area contributed by atoms with Gasteiger partial charge in [0.05, 0.1) is 29.5 Å². The summed E-state index contributed by atoms with van der Waals surface area (Å²) in [4.78, 5) is 25.8. The van der Waals surface area contributed by atoms with Crippen molar-refractivity contribution in [3.8, 4) is 0 Å². The van der Waals surface area contributed by atoms with Crippen molar-refractivity contribution >= 4 is 45.3 Å². The molecular formula is C21H18ClN3O4. The summed E-state index contributed by atoms with van der Waals surface area (Å²) in [6.07, 6.45) is 0. The number of anilines is 2. The van der Waals surface area contributed by atoms with Crippen LogP contribution in [0.2, 0.25) is 5.02 Å². The number of rotatable bonds is 4. The van der Waals surface area contributed by atoms with Gasteiger partial charge in [0.15, 0.2) is 0 Å². The van der Waals surface area contributed by atoms with Crippen molar-refractivity contribution in [2.75, 3.05) is 36.5 Å². The van der Waals surface area contributed by atoms with Crippen LogP contribution in [-0.4, -0.2) is 37.1 Å². The van der Waals surface area contributed by atoms with Crippen LogP contribution < -0.4 is 10.2 Å². The first kappa shape index (κ1) is 19.2. The summed E-state index contributed by atoms with van der Waals surface area (Å²) in [7, 11) is 0. The molecule has 3 aromatic rings. The van der Waals surface area contributed by atoms with E-state index >= 15 is 0 Å². The average Bonchev–Trinajstić information content (AvgIpc) is 2.74. The van der Waals surface area contributed by atoms with Crippen molar-refractivity contribution in [2.45, 2.75) is 0 Å². The van der Waals surface area contributed by atoms with E-state index in [0.717, 1.165) is 10.8 Å². The number of benzene rings is 3. The second kappa shape index (κ2) is 8.06. The van der Waals surface area contributed by atoms with E-state index in [0.29, 0.717) is 48.3 Å². The number of carbonyl (C=O) groups is 1. The summed E-state index contributed by atoms with van der Waals surface area (Å²) in [6.45, 7) is 2.23. The van der Waals surface area contributed by atoms with E-state index in [2.05, 4.69) is 5.32 Å². The molecule has 0 atom stereocenters. The molecule has 0 aliphatic carbocycles. The normalized spacial score (nSPS) is 14.0. The number of hydrogen-bond donors (Lipinski definition) is 1. The second-order valence-corrected chi connectivity index (χ2v) is 7.06. The lowest BCUT2D eigenvalue weighted by atomic mass is 10.0. The number of hydrogen-bond acceptors (Lipinski definition) is 5. The van der Waals surface area contributed by atoms with Gasteiger partial charge in [-0.1, -0.05) is 35.9 Å². The van der Waals surface area contributed by atoms with Gasteiger partial charge in [-0.2, -0.15) is 0 Å². The predicted molar refractivity (Wildman–Crippen MR) is 113 cm³/mol. The molecule has 29 heavy (non-hydrogen) atoms. The molecule has 1 aliphatic rings. The molecule has 7 nitrogen and oxygen atoms in total. The molecule has 0 spiro atoms. The quantitative estimate of drug-likeness (QED) is 0.505. The van der Waals surface area contributed by atoms with Gasteiger partial charge in [0.25, 0.3) is 11.6 Å². The van der Waals surface area contributed by atoms with Crippen molar-refractivity contribution in [1.29, 1.82) is 0 Å². The first-order valence-electron chi connectivity index (χ1n) is 9.14. The zero-order chi connectivity index (χ0) is 20.4. The van der Waals surface area contributed by atoms with Crippen molar-refractivity contribution in [1.82, 2.24) is 0 Å². The van der Waals surface area contributed by atoms with Gasteiger partial charge in [0.2, 0.25) is 0 Å². The molecule has 0 radical (unpaired) electrons. The summed E-state index contributed by atoms with van der Waals surface area (Å²) in [5.41, 5.74) is 1.58. The maximum absolute atomic E-state index is 13.1. The summed E-state index contributed by atoms with van der Waals surface area (Å²) >= 11 is 6.25. The van der Waals surface area contributed by atoms with Crippen LogP contribution >= 0.6 is 11.6 Å². The summed E-state index contributed by atoms with van der Waals surface area (Å²) < 4.78 is 5.37. The summed E-state index contributed by atoms with van der Waals surface area (Å²) in [5, 5.41) is 16.3. The van der Waals surface area contributed by atoms with Gasteiger partial charge in [-0.15, -0.1) is 0 Å². The molecule has 0 unspecified atom stereocenters. The number of nitrogens with one attached hydrogen (secondary N) is 1. The topological polar surface area (TPSA) is 84.7 Å². The maximum atomic E-state index is 13.1. The molecule has 1 saturated heterocycles. The van der Waals surface area contributed by atoms with E-state index in [-0.39, 0.29) is 11.6 Å². The minimum Gasteiger partial charge on any atom is -0.378 e. The van der Waals surface area contributed by atoms with Crippen LogP contribution in [0.15, 0.2) is 54.6 Å². The molecule has 0 bridgehead atoms. The lowest BCUT2D eigenvalue weighted by Crippen LogP contribution is -2.36. The van der Waals surface area contributed by atoms with E-state index in [1.807, 2.05) is 17.0 Å². The molecule has 1 heterocycles. The minimum absolute atomic E-state index is 0.0265. The van der Waals surface area contributed by atoms with Crippen LogP contribution in [0.3, 0.4) is 0 Å². The molecule has 1 amide bonds. The fourth-order valence-electron chi connectivity index (χ4n) is 3.46. The highest BCUT2D eigenvalue weighted by Gasteiger charge is 2.21. The zero-order valence-electron chi connectivity index (χ0n) is 15.4. The Bertz CT molecular complexity index is 1100. The van der Waals surface area contributed by atoms with Gasteiger partial charge in [-0.25, -0.2) is 0 Å². The Morgan fingerprint density at radius 2 is 1.79 bits per heavy atom. The highest BCUT2D eigenvalue weighted by Crippen LogP contribution is 2.32. The molecular weight excluding hydrogens is 394 g/mol. The predicted octanol–water partition coefficient (Wildman–Crippen LogP) is 4.49. The number of fused-ring (bicyclic) bond motifs is 1. The van der Waals surface area contributed by atoms with Crippen LogP contribution in [0.25, 0.3) is 10.8 Å². The maximum Gasteiger partial charge on any atom is 0.271 e. The smallest absolute Gasteiger partial charge is 0.271 e. The van der Waals surface area contributed by atoms with Crippen LogP contribution in [0, 0.1) is 10.1 Å². The van der Waals surface area contributed by atoms with Crippen molar-refractivity contribution < 1.29 is 14.5 Å². The Kier molecular flexibility index (Phi) is 5.33. The number of nitro benzene ring substituents is 1. The second-order valence-electron chi connectivity index (χ2n) is 6.65. The Balaban J connectivity index is 1.71. The first-order valence-corrected chi connectivity index (χ1v) is 9.52. The van der Waals surface area contributed by atoms with Gasteiger partial charge < -0.3 is 15.0 Å². The number of halogens is 1.